The molecule has 9 nitrogen and oxygen atoms in total. The summed E-state index contributed by atoms with van der Waals surface area (Å²) in [6.45, 7) is 2.21. The van der Waals surface area contributed by atoms with E-state index in [9.17, 15) is 18.0 Å². The van der Waals surface area contributed by atoms with Crippen LogP contribution in [0.4, 0.5) is 5.13 Å². The number of aromatic nitrogens is 2. The molecule has 1 aromatic heterocycles. The smallest absolute Gasteiger partial charge is 0.323 e. The number of sulfonamides is 1. The molecule has 0 fully saturated rings. The average molecular weight is 307 g/mol. The molecule has 0 unspecified atom stereocenters. The topological polar surface area (TPSA) is 144 Å². The van der Waals surface area contributed by atoms with Gasteiger partial charge in [-0.3, -0.25) is 9.59 Å². The maximum Gasteiger partial charge on any atom is 0.323 e. The largest absolute Gasteiger partial charge is 0.374 e. The lowest BCUT2D eigenvalue weighted by atomic mass is 10.3. The van der Waals surface area contributed by atoms with Crippen LogP contribution in [0.5, 0.6) is 0 Å². The molecule has 0 atom stereocenters. The fraction of sp³-hybridized carbons (Fsp3) is 0.500. The number of nitrogens with one attached hydrogen (secondary N) is 2. The standard InChI is InChI=1S/C8H13N5O4S2/c1-2-3-4-10-5(14)6(15)13-19(16,17)8-12-11-7(9)18-8/h2-4H2,1H3,(H2,9,11)(H,10,14)(H,13,15). The lowest BCUT2D eigenvalue weighted by Gasteiger charge is -2.04. The zero-order chi connectivity index (χ0) is 14.5. The van der Waals surface area contributed by atoms with Crippen LogP contribution in [0.1, 0.15) is 19.8 Å². The molecule has 1 aromatic rings. The predicted octanol–water partition coefficient (Wildman–Crippen LogP) is -1.16. The van der Waals surface area contributed by atoms with Crippen molar-refractivity contribution in [1.82, 2.24) is 20.2 Å². The molecule has 0 saturated heterocycles. The SMILES string of the molecule is CCCCNC(=O)C(=O)NS(=O)(=O)c1nnc(N)s1. The Bertz CT molecular complexity index is 567. The number of nitrogen functional groups attached to an aromatic ring is 1. The van der Waals surface area contributed by atoms with Crippen LogP contribution < -0.4 is 15.8 Å². The average Bonchev–Trinajstić information content (AvgIpc) is 2.76. The highest BCUT2D eigenvalue weighted by molar-refractivity contribution is 7.92. The number of rotatable bonds is 5. The molecule has 0 aromatic carbocycles. The summed E-state index contributed by atoms with van der Waals surface area (Å²) in [6, 6.07) is 0. The summed E-state index contributed by atoms with van der Waals surface area (Å²) < 4.78 is 24.4. The molecule has 0 saturated carbocycles. The van der Waals surface area contributed by atoms with Crippen molar-refractivity contribution in [2.75, 3.05) is 12.3 Å². The molecule has 4 N–H and O–H groups in total. The van der Waals surface area contributed by atoms with E-state index in [2.05, 4.69) is 15.5 Å². The van der Waals surface area contributed by atoms with Gasteiger partial charge in [-0.15, -0.1) is 10.2 Å². The number of carbonyl (C=O) groups is 2. The molecule has 106 valence electrons. The molecule has 0 bridgehead atoms. The van der Waals surface area contributed by atoms with Crippen molar-refractivity contribution in [2.45, 2.75) is 24.1 Å². The van der Waals surface area contributed by atoms with Crippen LogP contribution in [0, 0.1) is 0 Å². The van der Waals surface area contributed by atoms with E-state index in [1.54, 1.807) is 4.72 Å². The maximum absolute atomic E-state index is 11.6. The van der Waals surface area contributed by atoms with Gasteiger partial charge in [0.05, 0.1) is 0 Å². The van der Waals surface area contributed by atoms with Crippen molar-refractivity contribution >= 4 is 38.3 Å². The quantitative estimate of drug-likeness (QED) is 0.459. The molecule has 0 radical (unpaired) electrons. The van der Waals surface area contributed by atoms with Gasteiger partial charge in [-0.1, -0.05) is 24.7 Å². The zero-order valence-corrected chi connectivity index (χ0v) is 11.7. The number of anilines is 1. The number of nitrogens with two attached hydrogens (primary N) is 1. The first-order chi connectivity index (χ1) is 8.86. The van der Waals surface area contributed by atoms with Crippen LogP contribution in [0.3, 0.4) is 0 Å². The van der Waals surface area contributed by atoms with E-state index in [0.717, 1.165) is 6.42 Å². The highest BCUT2D eigenvalue weighted by atomic mass is 32.2. The molecule has 19 heavy (non-hydrogen) atoms. The first-order valence-electron chi connectivity index (χ1n) is 5.30. The number of carbonyl (C=O) groups excluding carboxylic acids is 2. The molecule has 0 aliphatic heterocycles. The Morgan fingerprint density at radius 3 is 2.53 bits per heavy atom. The summed E-state index contributed by atoms with van der Waals surface area (Å²) in [5, 5.41) is 8.83. The van der Waals surface area contributed by atoms with E-state index in [-0.39, 0.29) is 5.13 Å². The fourth-order valence-corrected chi connectivity index (χ4v) is 2.73. The first kappa shape index (κ1) is 15.3. The van der Waals surface area contributed by atoms with Crippen LogP contribution in [0.25, 0.3) is 0 Å². The Hall–Kier alpha value is -1.75. The Morgan fingerprint density at radius 2 is 2.00 bits per heavy atom. The summed E-state index contributed by atoms with van der Waals surface area (Å²) >= 11 is 0.591. The third-order valence-electron chi connectivity index (χ3n) is 1.90. The minimum absolute atomic E-state index is 0.0554. The second-order valence-electron chi connectivity index (χ2n) is 3.45. The van der Waals surface area contributed by atoms with Crippen LogP contribution >= 0.6 is 11.3 Å². The zero-order valence-electron chi connectivity index (χ0n) is 10.0. The number of unbranched alkanes of at least 4 members (excludes halogenated alkanes) is 1. The second-order valence-corrected chi connectivity index (χ2v) is 6.32. The van der Waals surface area contributed by atoms with E-state index in [1.807, 2.05) is 6.92 Å². The van der Waals surface area contributed by atoms with Crippen molar-refractivity contribution < 1.29 is 18.0 Å². The lowest BCUT2D eigenvalue weighted by Crippen LogP contribution is -2.42. The molecular weight excluding hydrogens is 294 g/mol. The van der Waals surface area contributed by atoms with Crippen LogP contribution in [-0.4, -0.2) is 37.0 Å². The summed E-state index contributed by atoms with van der Waals surface area (Å²) in [6.07, 6.45) is 1.53. The lowest BCUT2D eigenvalue weighted by molar-refractivity contribution is -0.138. The highest BCUT2D eigenvalue weighted by Crippen LogP contribution is 2.16. The Kier molecular flexibility index (Phi) is 5.18. The van der Waals surface area contributed by atoms with Gasteiger partial charge in [0.1, 0.15) is 0 Å². The van der Waals surface area contributed by atoms with Crippen molar-refractivity contribution in [2.24, 2.45) is 0 Å². The number of hydrogen-bond acceptors (Lipinski definition) is 8. The Balaban J connectivity index is 2.63. The normalized spacial score (nSPS) is 11.0. The Labute approximate surface area is 113 Å². The second kappa shape index (κ2) is 6.43. The van der Waals surface area contributed by atoms with Gasteiger partial charge in [0.25, 0.3) is 14.4 Å². The predicted molar refractivity (Wildman–Crippen MR) is 67.6 cm³/mol. The number of nitrogens with zero attached hydrogens (tertiary/aromatic N) is 2. The van der Waals surface area contributed by atoms with Gasteiger partial charge in [-0.2, -0.15) is 8.42 Å². The van der Waals surface area contributed by atoms with Gasteiger partial charge < -0.3 is 11.1 Å². The minimum Gasteiger partial charge on any atom is -0.374 e. The highest BCUT2D eigenvalue weighted by Gasteiger charge is 2.25. The monoisotopic (exact) mass is 307 g/mol. The molecular formula is C8H13N5O4S2. The van der Waals surface area contributed by atoms with Crippen molar-refractivity contribution in [1.29, 1.82) is 0 Å². The van der Waals surface area contributed by atoms with E-state index < -0.39 is 26.2 Å². The summed E-state index contributed by atoms with van der Waals surface area (Å²) in [5.74, 6) is -2.29. The van der Waals surface area contributed by atoms with Gasteiger partial charge in [0, 0.05) is 6.54 Å². The molecule has 0 aliphatic rings. The minimum atomic E-state index is -4.21. The van der Waals surface area contributed by atoms with E-state index in [0.29, 0.717) is 24.3 Å². The Morgan fingerprint density at radius 1 is 1.32 bits per heavy atom. The van der Waals surface area contributed by atoms with Gasteiger partial charge >= 0.3 is 11.8 Å². The molecule has 1 rings (SSSR count). The number of hydrogen-bond donors (Lipinski definition) is 3. The third kappa shape index (κ3) is 4.44. The van der Waals surface area contributed by atoms with Gasteiger partial charge in [0.2, 0.25) is 5.13 Å². The molecule has 2 amide bonds. The van der Waals surface area contributed by atoms with Crippen LogP contribution in [0.2, 0.25) is 0 Å². The van der Waals surface area contributed by atoms with Gasteiger partial charge in [0.15, 0.2) is 0 Å². The first-order valence-corrected chi connectivity index (χ1v) is 7.60. The molecule has 0 spiro atoms. The van der Waals surface area contributed by atoms with Crippen molar-refractivity contribution in [3.05, 3.63) is 0 Å². The van der Waals surface area contributed by atoms with Gasteiger partial charge in [-0.25, -0.2) is 4.72 Å². The van der Waals surface area contributed by atoms with E-state index in [4.69, 9.17) is 5.73 Å². The molecule has 0 aliphatic carbocycles. The third-order valence-corrected chi connectivity index (χ3v) is 4.35. The van der Waals surface area contributed by atoms with E-state index >= 15 is 0 Å². The van der Waals surface area contributed by atoms with E-state index in [1.165, 1.54) is 0 Å². The maximum atomic E-state index is 11.6. The van der Waals surface area contributed by atoms with Crippen molar-refractivity contribution in [3.63, 3.8) is 0 Å². The summed E-state index contributed by atoms with van der Waals surface area (Å²) in [7, 11) is -4.21. The number of amides is 2. The summed E-state index contributed by atoms with van der Waals surface area (Å²) in [4.78, 5) is 22.6. The van der Waals surface area contributed by atoms with Crippen molar-refractivity contribution in [3.8, 4) is 0 Å². The van der Waals surface area contributed by atoms with Crippen LogP contribution in [0.15, 0.2) is 4.34 Å². The molecule has 11 heteroatoms. The van der Waals surface area contributed by atoms with Gasteiger partial charge in [-0.05, 0) is 6.42 Å². The summed E-state index contributed by atoms with van der Waals surface area (Å²) in [5.41, 5.74) is 5.24. The fourth-order valence-electron chi connectivity index (χ4n) is 1.000. The van der Waals surface area contributed by atoms with Crippen LogP contribution in [-0.2, 0) is 19.6 Å². The molecule has 1 heterocycles.